The molecule has 13 heteroatoms. The van der Waals surface area contributed by atoms with Gasteiger partial charge in [0.1, 0.15) is 0 Å². The fraction of sp³-hybridized carbons (Fsp3) is 0.444. The number of benzene rings is 2. The van der Waals surface area contributed by atoms with E-state index < -0.39 is 42.8 Å². The Morgan fingerprint density at radius 3 is 2.23 bits per heavy atom. The van der Waals surface area contributed by atoms with E-state index in [1.54, 1.807) is 43.3 Å². The highest BCUT2D eigenvalue weighted by atomic mass is 35.5. The lowest BCUT2D eigenvalue weighted by Crippen LogP contribution is -2.47. The molecule has 0 fully saturated rings. The number of rotatable bonds is 8. The second-order valence-corrected chi connectivity index (χ2v) is 10.3. The monoisotopic (exact) mass is 594 g/mol. The Morgan fingerprint density at radius 1 is 0.950 bits per heavy atom. The summed E-state index contributed by atoms with van der Waals surface area (Å²) in [6.45, 7) is 1.01. The molecule has 0 saturated carbocycles. The van der Waals surface area contributed by atoms with E-state index in [4.69, 9.17) is 11.6 Å². The molecule has 4 nitrogen and oxygen atoms in total. The van der Waals surface area contributed by atoms with Crippen molar-refractivity contribution in [2.24, 2.45) is 0 Å². The second kappa shape index (κ2) is 11.2. The molecule has 1 aliphatic heterocycles. The third-order valence-electron chi connectivity index (χ3n) is 6.76. The van der Waals surface area contributed by atoms with Crippen molar-refractivity contribution in [2.45, 2.75) is 58.1 Å². The standard InChI is InChI=1S/C27H27ClF8N4/c1-17-13-18(2)22(20(28)14-17)40-11-6-10-39-21(23(26(31,32)33)37-24(39)40)15-38(16-25(29,30)27(34,35)36)12-9-19-7-4-3-5-8-19/h3-5,7-8,13-14H,6,9-12,15-16H2,1-2H3. The number of hydrogen-bond acceptors (Lipinski definition) is 3. The summed E-state index contributed by atoms with van der Waals surface area (Å²) in [5.41, 5.74) is 0.858. The van der Waals surface area contributed by atoms with Crippen molar-refractivity contribution in [1.82, 2.24) is 14.5 Å². The Balaban J connectivity index is 1.77. The third-order valence-corrected chi connectivity index (χ3v) is 7.05. The van der Waals surface area contributed by atoms with Crippen LogP contribution in [0.1, 0.15) is 34.5 Å². The first kappa shape index (κ1) is 30.1. The molecule has 2 heterocycles. The van der Waals surface area contributed by atoms with Gasteiger partial charge in [0.2, 0.25) is 5.95 Å². The highest BCUT2D eigenvalue weighted by Gasteiger charge is 2.58. The molecule has 40 heavy (non-hydrogen) atoms. The van der Waals surface area contributed by atoms with Crippen LogP contribution in [0.5, 0.6) is 0 Å². The Kier molecular flexibility index (Phi) is 8.43. The summed E-state index contributed by atoms with van der Waals surface area (Å²) in [5.74, 6) is -5.22. The normalized spacial score (nSPS) is 14.7. The maximum atomic E-state index is 14.2. The van der Waals surface area contributed by atoms with Gasteiger partial charge in [0, 0.05) is 26.2 Å². The van der Waals surface area contributed by atoms with Crippen LogP contribution >= 0.6 is 11.6 Å². The van der Waals surface area contributed by atoms with E-state index >= 15 is 0 Å². The molecule has 0 spiro atoms. The lowest BCUT2D eigenvalue weighted by Gasteiger charge is -2.33. The first-order valence-electron chi connectivity index (χ1n) is 12.5. The molecule has 0 unspecified atom stereocenters. The van der Waals surface area contributed by atoms with E-state index in [2.05, 4.69) is 4.98 Å². The predicted octanol–water partition coefficient (Wildman–Crippen LogP) is 7.96. The van der Waals surface area contributed by atoms with E-state index in [9.17, 15) is 35.1 Å². The van der Waals surface area contributed by atoms with Crippen molar-refractivity contribution in [2.75, 3.05) is 24.5 Å². The van der Waals surface area contributed by atoms with Crippen molar-refractivity contribution in [3.63, 3.8) is 0 Å². The van der Waals surface area contributed by atoms with E-state index in [1.807, 2.05) is 13.0 Å². The van der Waals surface area contributed by atoms with Crippen molar-refractivity contribution in [1.29, 1.82) is 0 Å². The quantitative estimate of drug-likeness (QED) is 0.247. The highest BCUT2D eigenvalue weighted by Crippen LogP contribution is 2.42. The van der Waals surface area contributed by atoms with Crippen LogP contribution in [0.15, 0.2) is 42.5 Å². The van der Waals surface area contributed by atoms with E-state index in [-0.39, 0.29) is 25.5 Å². The number of imidazole rings is 1. The number of nitrogens with zero attached hydrogens (tertiary/aromatic N) is 4. The summed E-state index contributed by atoms with van der Waals surface area (Å²) in [4.78, 5) is 6.12. The van der Waals surface area contributed by atoms with Crippen LogP contribution in [0.3, 0.4) is 0 Å². The topological polar surface area (TPSA) is 24.3 Å². The predicted molar refractivity (Wildman–Crippen MR) is 136 cm³/mol. The Bertz CT molecular complexity index is 1310. The van der Waals surface area contributed by atoms with E-state index in [0.717, 1.165) is 5.56 Å². The maximum Gasteiger partial charge on any atom is 0.454 e. The summed E-state index contributed by atoms with van der Waals surface area (Å²) >= 11 is 6.47. The van der Waals surface area contributed by atoms with Crippen LogP contribution in [-0.4, -0.2) is 46.2 Å². The van der Waals surface area contributed by atoms with Gasteiger partial charge in [0.15, 0.2) is 5.69 Å². The van der Waals surface area contributed by atoms with Gasteiger partial charge in [0.25, 0.3) is 0 Å². The second-order valence-electron chi connectivity index (χ2n) is 9.92. The molecule has 2 aromatic carbocycles. The van der Waals surface area contributed by atoms with Crippen molar-refractivity contribution >= 4 is 23.2 Å². The Morgan fingerprint density at radius 2 is 1.62 bits per heavy atom. The minimum absolute atomic E-state index is 0.0570. The molecule has 0 atom stereocenters. The number of anilines is 2. The van der Waals surface area contributed by atoms with Gasteiger partial charge in [-0.1, -0.05) is 48.0 Å². The molecule has 0 amide bonds. The lowest BCUT2D eigenvalue weighted by molar-refractivity contribution is -0.287. The van der Waals surface area contributed by atoms with Crippen LogP contribution in [0.2, 0.25) is 5.02 Å². The number of alkyl halides is 8. The number of hydrogen-bond donors (Lipinski definition) is 0. The summed E-state index contributed by atoms with van der Waals surface area (Å²) in [7, 11) is 0. The number of fused-ring (bicyclic) bond motifs is 1. The fourth-order valence-corrected chi connectivity index (χ4v) is 5.40. The molecule has 218 valence electrons. The average Bonchev–Trinajstić information content (AvgIpc) is 3.21. The van der Waals surface area contributed by atoms with Crippen molar-refractivity contribution in [3.05, 3.63) is 75.6 Å². The smallest absolute Gasteiger partial charge is 0.312 e. The minimum atomic E-state index is -5.86. The van der Waals surface area contributed by atoms with Crippen LogP contribution < -0.4 is 4.90 Å². The van der Waals surface area contributed by atoms with Gasteiger partial charge >= 0.3 is 18.3 Å². The Hall–Kier alpha value is -2.86. The zero-order valence-corrected chi connectivity index (χ0v) is 22.4. The van der Waals surface area contributed by atoms with Crippen molar-refractivity contribution in [3.8, 4) is 0 Å². The van der Waals surface area contributed by atoms with E-state index in [0.29, 0.717) is 39.7 Å². The zero-order valence-electron chi connectivity index (χ0n) is 21.7. The first-order valence-corrected chi connectivity index (χ1v) is 12.9. The molecule has 0 radical (unpaired) electrons. The Labute approximate surface area is 231 Å². The zero-order chi connectivity index (χ0) is 29.5. The summed E-state index contributed by atoms with van der Waals surface area (Å²) in [6.07, 6.45) is -10.4. The van der Waals surface area contributed by atoms with Crippen LogP contribution in [-0.2, 0) is 25.7 Å². The van der Waals surface area contributed by atoms with Gasteiger partial charge < -0.3 is 9.47 Å². The lowest BCUT2D eigenvalue weighted by atomic mass is 10.1. The molecule has 4 rings (SSSR count). The highest BCUT2D eigenvalue weighted by molar-refractivity contribution is 6.33. The molecule has 1 aromatic heterocycles. The van der Waals surface area contributed by atoms with Gasteiger partial charge in [0.05, 0.1) is 22.9 Å². The van der Waals surface area contributed by atoms with Gasteiger partial charge in [-0.3, -0.25) is 4.90 Å². The fourth-order valence-electron chi connectivity index (χ4n) is 4.98. The molecule has 0 bridgehead atoms. The summed E-state index contributed by atoms with van der Waals surface area (Å²) < 4.78 is 112. The molecular weight excluding hydrogens is 568 g/mol. The number of aromatic nitrogens is 2. The molecule has 1 aliphatic rings. The molecule has 3 aromatic rings. The van der Waals surface area contributed by atoms with Crippen LogP contribution in [0.4, 0.5) is 46.8 Å². The van der Waals surface area contributed by atoms with Gasteiger partial charge in [-0.2, -0.15) is 35.1 Å². The largest absolute Gasteiger partial charge is 0.454 e. The summed E-state index contributed by atoms with van der Waals surface area (Å²) in [6, 6.07) is 11.9. The third kappa shape index (κ3) is 6.38. The van der Waals surface area contributed by atoms with Gasteiger partial charge in [-0.05, 0) is 49.4 Å². The summed E-state index contributed by atoms with van der Waals surface area (Å²) in [5, 5.41) is 0.304. The molecule has 0 N–H and O–H groups in total. The first-order chi connectivity index (χ1) is 18.6. The molecule has 0 aliphatic carbocycles. The number of halogens is 9. The average molecular weight is 595 g/mol. The van der Waals surface area contributed by atoms with Gasteiger partial charge in [-0.25, -0.2) is 4.98 Å². The molecule has 0 saturated heterocycles. The SMILES string of the molecule is Cc1cc(C)c(N2CCCn3c2nc(C(F)(F)F)c3CN(CCc2ccccc2)CC(F)(F)C(F)(F)F)c(Cl)c1. The molecular formula is C27H27ClF8N4. The van der Waals surface area contributed by atoms with Crippen LogP contribution in [0, 0.1) is 13.8 Å². The van der Waals surface area contributed by atoms with Crippen molar-refractivity contribution < 1.29 is 35.1 Å². The minimum Gasteiger partial charge on any atom is -0.312 e. The van der Waals surface area contributed by atoms with Crippen LogP contribution in [0.25, 0.3) is 0 Å². The van der Waals surface area contributed by atoms with E-state index in [1.165, 1.54) is 9.47 Å². The maximum absolute atomic E-state index is 14.2. The van der Waals surface area contributed by atoms with Gasteiger partial charge in [-0.15, -0.1) is 0 Å². The number of aryl methyl sites for hydroxylation is 2.